The molecule has 0 heterocycles. The van der Waals surface area contributed by atoms with E-state index >= 15 is 0 Å². The van der Waals surface area contributed by atoms with Gasteiger partial charge >= 0.3 is 12.0 Å². The first-order chi connectivity index (χ1) is 7.82. The zero-order valence-electron chi connectivity index (χ0n) is 9.12. The molecule has 0 fully saturated rings. The molecule has 0 aromatic heterocycles. The van der Waals surface area contributed by atoms with Gasteiger partial charge in [0.1, 0.15) is 11.6 Å². The molecule has 1 aromatic carbocycles. The highest BCUT2D eigenvalue weighted by Gasteiger charge is 2.16. The van der Waals surface area contributed by atoms with Crippen molar-refractivity contribution >= 4 is 17.7 Å². The van der Waals surface area contributed by atoms with Gasteiger partial charge in [-0.3, -0.25) is 0 Å². The molecular weight excluding hydrogens is 234 g/mol. The molecule has 0 aliphatic carbocycles. The first-order valence-corrected chi connectivity index (χ1v) is 4.53. The van der Waals surface area contributed by atoms with E-state index < -0.39 is 29.2 Å². The fourth-order valence-corrected chi connectivity index (χ4v) is 1.04. The van der Waals surface area contributed by atoms with E-state index in [4.69, 9.17) is 5.11 Å². The van der Waals surface area contributed by atoms with Crippen molar-refractivity contribution in [2.45, 2.75) is 0 Å². The second-order valence-electron chi connectivity index (χ2n) is 3.44. The zero-order chi connectivity index (χ0) is 13.2. The lowest BCUT2D eigenvalue weighted by atomic mass is 10.2. The minimum absolute atomic E-state index is 0.387. The van der Waals surface area contributed by atoms with Crippen LogP contribution in [-0.4, -0.2) is 36.1 Å². The van der Waals surface area contributed by atoms with E-state index in [9.17, 15) is 18.4 Å². The normalized spacial score (nSPS) is 9.88. The van der Waals surface area contributed by atoms with Gasteiger partial charge in [-0.05, 0) is 6.07 Å². The van der Waals surface area contributed by atoms with Gasteiger partial charge in [-0.15, -0.1) is 0 Å². The van der Waals surface area contributed by atoms with Crippen LogP contribution in [-0.2, 0) is 0 Å². The lowest BCUT2D eigenvalue weighted by Crippen LogP contribution is -2.28. The molecule has 0 saturated heterocycles. The highest BCUT2D eigenvalue weighted by atomic mass is 19.1. The van der Waals surface area contributed by atoms with Crippen LogP contribution in [0.15, 0.2) is 12.1 Å². The maximum absolute atomic E-state index is 13.3. The van der Waals surface area contributed by atoms with Crippen LogP contribution in [0.5, 0.6) is 0 Å². The first-order valence-electron chi connectivity index (χ1n) is 4.53. The molecule has 2 amide bonds. The fraction of sp³-hybridized carbons (Fsp3) is 0.200. The average Bonchev–Trinajstić information content (AvgIpc) is 2.21. The Hall–Kier alpha value is -2.18. The van der Waals surface area contributed by atoms with Crippen molar-refractivity contribution in [3.05, 3.63) is 29.3 Å². The lowest BCUT2D eigenvalue weighted by Gasteiger charge is -2.13. The number of carboxylic acid groups (broad SMARTS) is 1. The van der Waals surface area contributed by atoms with Crippen molar-refractivity contribution in [3.63, 3.8) is 0 Å². The van der Waals surface area contributed by atoms with Crippen LogP contribution in [0.25, 0.3) is 0 Å². The molecule has 1 rings (SSSR count). The van der Waals surface area contributed by atoms with Crippen LogP contribution in [0.3, 0.4) is 0 Å². The SMILES string of the molecule is CN(C)C(=O)Nc1cc(C(=O)O)c(F)cc1F. The van der Waals surface area contributed by atoms with Crippen LogP contribution < -0.4 is 5.32 Å². The largest absolute Gasteiger partial charge is 0.478 e. The number of anilines is 1. The number of carboxylic acids is 1. The molecular formula is C10H10F2N2O3. The average molecular weight is 244 g/mol. The smallest absolute Gasteiger partial charge is 0.338 e. The Morgan fingerprint density at radius 1 is 1.24 bits per heavy atom. The first kappa shape index (κ1) is 12.9. The third-order valence-corrected chi connectivity index (χ3v) is 1.93. The molecule has 17 heavy (non-hydrogen) atoms. The summed E-state index contributed by atoms with van der Waals surface area (Å²) in [5.74, 6) is -3.77. The number of benzene rings is 1. The molecule has 0 atom stereocenters. The minimum atomic E-state index is -1.54. The molecule has 0 bridgehead atoms. The van der Waals surface area contributed by atoms with E-state index in [1.165, 1.54) is 14.1 Å². The minimum Gasteiger partial charge on any atom is -0.478 e. The van der Waals surface area contributed by atoms with Gasteiger partial charge in [0.25, 0.3) is 0 Å². The van der Waals surface area contributed by atoms with E-state index in [1.807, 2.05) is 0 Å². The molecule has 92 valence electrons. The van der Waals surface area contributed by atoms with Crippen molar-refractivity contribution in [1.82, 2.24) is 4.90 Å². The van der Waals surface area contributed by atoms with Gasteiger partial charge < -0.3 is 15.3 Å². The number of carbonyl (C=O) groups excluding carboxylic acids is 1. The molecule has 0 aliphatic rings. The molecule has 5 nitrogen and oxygen atoms in total. The number of amides is 2. The van der Waals surface area contributed by atoms with Crippen LogP contribution in [0, 0.1) is 11.6 Å². The summed E-state index contributed by atoms with van der Waals surface area (Å²) in [4.78, 5) is 23.0. The Balaban J connectivity index is 3.12. The number of rotatable bonds is 2. The van der Waals surface area contributed by atoms with Crippen LogP contribution in [0.2, 0.25) is 0 Å². The van der Waals surface area contributed by atoms with Crippen LogP contribution in [0.4, 0.5) is 19.3 Å². The summed E-state index contributed by atoms with van der Waals surface area (Å²) in [5, 5.41) is 10.8. The van der Waals surface area contributed by atoms with Crippen LogP contribution >= 0.6 is 0 Å². The molecule has 2 N–H and O–H groups in total. The van der Waals surface area contributed by atoms with Crippen molar-refractivity contribution < 1.29 is 23.5 Å². The number of urea groups is 1. The topological polar surface area (TPSA) is 69.6 Å². The van der Waals surface area contributed by atoms with E-state index in [0.717, 1.165) is 11.0 Å². The third-order valence-electron chi connectivity index (χ3n) is 1.93. The van der Waals surface area contributed by atoms with Gasteiger partial charge in [0, 0.05) is 20.2 Å². The molecule has 0 aliphatic heterocycles. The van der Waals surface area contributed by atoms with Crippen molar-refractivity contribution in [3.8, 4) is 0 Å². The summed E-state index contributed by atoms with van der Waals surface area (Å²) >= 11 is 0. The number of hydrogen-bond acceptors (Lipinski definition) is 2. The third kappa shape index (κ3) is 2.90. The maximum atomic E-state index is 13.3. The van der Waals surface area contributed by atoms with E-state index in [0.29, 0.717) is 6.07 Å². The number of aromatic carboxylic acids is 1. The summed E-state index contributed by atoms with van der Waals surface area (Å²) < 4.78 is 26.3. The quantitative estimate of drug-likeness (QED) is 0.832. The fourth-order valence-electron chi connectivity index (χ4n) is 1.04. The molecule has 0 spiro atoms. The maximum Gasteiger partial charge on any atom is 0.338 e. The summed E-state index contributed by atoms with van der Waals surface area (Å²) in [6.45, 7) is 0. The summed E-state index contributed by atoms with van der Waals surface area (Å²) in [6.07, 6.45) is 0. The second kappa shape index (κ2) is 4.77. The molecule has 0 unspecified atom stereocenters. The van der Waals surface area contributed by atoms with Gasteiger partial charge in [-0.2, -0.15) is 0 Å². The summed E-state index contributed by atoms with van der Waals surface area (Å²) in [5.41, 5.74) is -1.09. The van der Waals surface area contributed by atoms with Crippen LogP contribution in [0.1, 0.15) is 10.4 Å². The number of carbonyl (C=O) groups is 2. The van der Waals surface area contributed by atoms with Gasteiger partial charge in [0.2, 0.25) is 0 Å². The Kier molecular flexibility index (Phi) is 3.62. The van der Waals surface area contributed by atoms with Gasteiger partial charge in [-0.25, -0.2) is 18.4 Å². The van der Waals surface area contributed by atoms with Crippen molar-refractivity contribution in [2.24, 2.45) is 0 Å². The molecule has 0 saturated carbocycles. The standard InChI is InChI=1S/C10H10F2N2O3/c1-14(2)10(17)13-8-3-5(9(15)16)6(11)4-7(8)12/h3-4H,1-2H3,(H,13,17)(H,15,16). The highest BCUT2D eigenvalue weighted by molar-refractivity contribution is 5.93. The Morgan fingerprint density at radius 2 is 1.82 bits per heavy atom. The van der Waals surface area contributed by atoms with E-state index in [2.05, 4.69) is 5.32 Å². The highest BCUT2D eigenvalue weighted by Crippen LogP contribution is 2.19. The number of nitrogens with one attached hydrogen (secondary N) is 1. The van der Waals surface area contributed by atoms with Gasteiger partial charge in [-0.1, -0.05) is 0 Å². The monoisotopic (exact) mass is 244 g/mol. The molecule has 1 aromatic rings. The summed E-state index contributed by atoms with van der Waals surface area (Å²) in [6, 6.07) is 0.496. The van der Waals surface area contributed by atoms with Crippen molar-refractivity contribution in [1.29, 1.82) is 0 Å². The Morgan fingerprint density at radius 3 is 2.29 bits per heavy atom. The van der Waals surface area contributed by atoms with Gasteiger partial charge in [0.05, 0.1) is 11.3 Å². The number of nitrogens with zero attached hydrogens (tertiary/aromatic N) is 1. The Labute approximate surface area is 95.6 Å². The zero-order valence-corrected chi connectivity index (χ0v) is 9.12. The summed E-state index contributed by atoms with van der Waals surface area (Å²) in [7, 11) is 2.85. The Bertz CT molecular complexity index is 475. The predicted molar refractivity (Wildman–Crippen MR) is 56.0 cm³/mol. The molecule has 7 heteroatoms. The molecule has 0 radical (unpaired) electrons. The van der Waals surface area contributed by atoms with Gasteiger partial charge in [0.15, 0.2) is 0 Å². The lowest BCUT2D eigenvalue weighted by molar-refractivity contribution is 0.0692. The number of halogens is 2. The predicted octanol–water partition coefficient (Wildman–Crippen LogP) is 1.76. The number of hydrogen-bond donors (Lipinski definition) is 2. The van der Waals surface area contributed by atoms with Crippen molar-refractivity contribution in [2.75, 3.05) is 19.4 Å². The van der Waals surface area contributed by atoms with E-state index in [1.54, 1.807) is 0 Å². The second-order valence-corrected chi connectivity index (χ2v) is 3.44. The van der Waals surface area contributed by atoms with E-state index in [-0.39, 0.29) is 5.69 Å².